The van der Waals surface area contributed by atoms with Gasteiger partial charge in [0.1, 0.15) is 11.0 Å². The van der Waals surface area contributed by atoms with Crippen LogP contribution in [0.4, 0.5) is 15.2 Å². The molecule has 0 aliphatic carbocycles. The summed E-state index contributed by atoms with van der Waals surface area (Å²) in [6, 6.07) is 8.39. The maximum absolute atomic E-state index is 14.0. The van der Waals surface area contributed by atoms with Gasteiger partial charge in [-0.15, -0.1) is 11.3 Å². The van der Waals surface area contributed by atoms with Gasteiger partial charge in [0.2, 0.25) is 5.91 Å². The van der Waals surface area contributed by atoms with E-state index in [-0.39, 0.29) is 11.7 Å². The van der Waals surface area contributed by atoms with Gasteiger partial charge < -0.3 is 10.6 Å². The zero-order valence-electron chi connectivity index (χ0n) is 13.9. The van der Waals surface area contributed by atoms with Gasteiger partial charge in [0.15, 0.2) is 5.13 Å². The Labute approximate surface area is 159 Å². The Hall–Kier alpha value is -2.51. The molecule has 26 heavy (non-hydrogen) atoms. The lowest BCUT2D eigenvalue weighted by atomic mass is 10.1. The number of hydrogen-bond acceptors (Lipinski definition) is 5. The summed E-state index contributed by atoms with van der Waals surface area (Å²) in [5.41, 5.74) is 2.90. The van der Waals surface area contributed by atoms with E-state index in [0.29, 0.717) is 28.8 Å². The number of carbonyl (C=O) groups is 1. The number of anilines is 2. The molecule has 0 bridgehead atoms. The van der Waals surface area contributed by atoms with Crippen molar-refractivity contribution in [1.29, 1.82) is 0 Å². The average molecular weight is 391 g/mol. The number of pyridine rings is 1. The third-order valence-corrected chi connectivity index (χ3v) is 4.57. The smallest absolute Gasteiger partial charge is 0.216 e. The molecule has 1 aromatic carbocycles. The molecular weight excluding hydrogens is 375 g/mol. The zero-order valence-corrected chi connectivity index (χ0v) is 15.5. The highest BCUT2D eigenvalue weighted by Crippen LogP contribution is 2.28. The number of rotatable bonds is 6. The Morgan fingerprint density at radius 2 is 2.15 bits per heavy atom. The monoisotopic (exact) mass is 390 g/mol. The predicted molar refractivity (Wildman–Crippen MR) is 102 cm³/mol. The summed E-state index contributed by atoms with van der Waals surface area (Å²) in [6.07, 6.45) is 2.05. The van der Waals surface area contributed by atoms with Crippen LogP contribution in [0.25, 0.3) is 11.3 Å². The summed E-state index contributed by atoms with van der Waals surface area (Å²) in [5, 5.41) is 8.86. The largest absolute Gasteiger partial charge is 0.356 e. The molecule has 0 fully saturated rings. The van der Waals surface area contributed by atoms with Gasteiger partial charge in [-0.1, -0.05) is 11.6 Å². The van der Waals surface area contributed by atoms with E-state index >= 15 is 0 Å². The Kier molecular flexibility index (Phi) is 5.80. The molecule has 2 heterocycles. The highest BCUT2D eigenvalue weighted by molar-refractivity contribution is 7.14. The van der Waals surface area contributed by atoms with Gasteiger partial charge in [-0.3, -0.25) is 4.79 Å². The molecule has 0 unspecified atom stereocenters. The molecule has 2 N–H and O–H groups in total. The number of thiazole rings is 1. The minimum Gasteiger partial charge on any atom is -0.356 e. The molecule has 0 atom stereocenters. The molecule has 0 aliphatic rings. The van der Waals surface area contributed by atoms with E-state index in [4.69, 9.17) is 11.6 Å². The molecule has 5 nitrogen and oxygen atoms in total. The number of nitrogens with zero attached hydrogens (tertiary/aromatic N) is 2. The highest BCUT2D eigenvalue weighted by Gasteiger charge is 2.09. The van der Waals surface area contributed by atoms with Gasteiger partial charge in [-0.25, -0.2) is 14.4 Å². The SMILES string of the molecule is CC(=O)NCCc1cc(-c2csc(Nc3ccc(Cl)nc3)n2)ccc1F. The second-order valence-corrected chi connectivity index (χ2v) is 6.82. The van der Waals surface area contributed by atoms with Crippen LogP contribution in [-0.2, 0) is 11.2 Å². The Balaban J connectivity index is 1.73. The Morgan fingerprint density at radius 1 is 1.31 bits per heavy atom. The minimum atomic E-state index is -0.292. The highest BCUT2D eigenvalue weighted by atomic mass is 35.5. The van der Waals surface area contributed by atoms with Crippen molar-refractivity contribution in [2.45, 2.75) is 13.3 Å². The molecule has 3 aromatic rings. The van der Waals surface area contributed by atoms with Crippen molar-refractivity contribution in [1.82, 2.24) is 15.3 Å². The van der Waals surface area contributed by atoms with E-state index in [1.165, 1.54) is 24.3 Å². The van der Waals surface area contributed by atoms with Crippen LogP contribution >= 0.6 is 22.9 Å². The summed E-state index contributed by atoms with van der Waals surface area (Å²) < 4.78 is 14.0. The number of nitrogens with one attached hydrogen (secondary N) is 2. The maximum atomic E-state index is 14.0. The molecule has 0 spiro atoms. The summed E-state index contributed by atoms with van der Waals surface area (Å²) in [6.45, 7) is 1.83. The Morgan fingerprint density at radius 3 is 2.88 bits per heavy atom. The van der Waals surface area contributed by atoms with Gasteiger partial charge in [0.05, 0.1) is 17.6 Å². The van der Waals surface area contributed by atoms with Crippen molar-refractivity contribution in [3.05, 3.63) is 58.4 Å². The second kappa shape index (κ2) is 8.25. The Bertz CT molecular complexity index is 914. The average Bonchev–Trinajstić information content (AvgIpc) is 3.07. The van der Waals surface area contributed by atoms with Crippen LogP contribution < -0.4 is 10.6 Å². The van der Waals surface area contributed by atoms with E-state index in [2.05, 4.69) is 20.6 Å². The van der Waals surface area contributed by atoms with Crippen molar-refractivity contribution in [3.63, 3.8) is 0 Å². The molecule has 2 aromatic heterocycles. The van der Waals surface area contributed by atoms with Crippen LogP contribution in [0.2, 0.25) is 5.15 Å². The number of carbonyl (C=O) groups excluding carboxylic acids is 1. The van der Waals surface area contributed by atoms with Crippen molar-refractivity contribution in [3.8, 4) is 11.3 Å². The van der Waals surface area contributed by atoms with Crippen molar-refractivity contribution in [2.24, 2.45) is 0 Å². The van der Waals surface area contributed by atoms with Gasteiger partial charge >= 0.3 is 0 Å². The van der Waals surface area contributed by atoms with Gasteiger partial charge in [-0.2, -0.15) is 0 Å². The molecule has 0 saturated carbocycles. The summed E-state index contributed by atoms with van der Waals surface area (Å²) in [7, 11) is 0. The standard InChI is InChI=1S/C18H16ClFN4OS/c1-11(25)21-7-6-12-8-13(2-4-15(12)20)16-10-26-18(24-16)23-14-3-5-17(19)22-9-14/h2-5,8-10H,6-7H2,1H3,(H,21,25)(H,23,24). The number of hydrogen-bond donors (Lipinski definition) is 2. The summed E-state index contributed by atoms with van der Waals surface area (Å²) >= 11 is 7.22. The molecule has 3 rings (SSSR count). The zero-order chi connectivity index (χ0) is 18.5. The fraction of sp³-hybridized carbons (Fsp3) is 0.167. The first kappa shape index (κ1) is 18.3. The quantitative estimate of drug-likeness (QED) is 0.611. The van der Waals surface area contributed by atoms with E-state index in [1.807, 2.05) is 11.4 Å². The first-order valence-corrected chi connectivity index (χ1v) is 9.14. The van der Waals surface area contributed by atoms with Crippen LogP contribution in [0.3, 0.4) is 0 Å². The third kappa shape index (κ3) is 4.77. The molecule has 0 saturated heterocycles. The fourth-order valence-corrected chi connectivity index (χ4v) is 3.19. The van der Waals surface area contributed by atoms with Crippen LogP contribution in [-0.4, -0.2) is 22.4 Å². The number of halogens is 2. The van der Waals surface area contributed by atoms with Crippen LogP contribution in [0, 0.1) is 5.82 Å². The molecule has 1 amide bonds. The van der Waals surface area contributed by atoms with Gasteiger partial charge in [0, 0.05) is 24.4 Å². The normalized spacial score (nSPS) is 10.6. The van der Waals surface area contributed by atoms with Crippen LogP contribution in [0.1, 0.15) is 12.5 Å². The van der Waals surface area contributed by atoms with Crippen molar-refractivity contribution in [2.75, 3.05) is 11.9 Å². The molecule has 0 aliphatic heterocycles. The second-order valence-electron chi connectivity index (χ2n) is 5.57. The maximum Gasteiger partial charge on any atom is 0.216 e. The lowest BCUT2D eigenvalue weighted by Crippen LogP contribution is -2.22. The third-order valence-electron chi connectivity index (χ3n) is 3.59. The molecule has 8 heteroatoms. The molecule has 134 valence electrons. The molecular formula is C18H16ClFN4OS. The first-order chi connectivity index (χ1) is 12.5. The molecule has 0 radical (unpaired) electrons. The van der Waals surface area contributed by atoms with E-state index in [1.54, 1.807) is 24.4 Å². The van der Waals surface area contributed by atoms with E-state index in [9.17, 15) is 9.18 Å². The van der Waals surface area contributed by atoms with Crippen molar-refractivity contribution >= 4 is 39.7 Å². The summed E-state index contributed by atoms with van der Waals surface area (Å²) in [4.78, 5) is 19.5. The van der Waals surface area contributed by atoms with Gasteiger partial charge in [-0.05, 0) is 42.3 Å². The number of benzene rings is 1. The minimum absolute atomic E-state index is 0.131. The predicted octanol–water partition coefficient (Wildman–Crippen LogP) is 4.42. The number of aromatic nitrogens is 2. The lowest BCUT2D eigenvalue weighted by Gasteiger charge is -2.06. The first-order valence-electron chi connectivity index (χ1n) is 7.88. The van der Waals surface area contributed by atoms with Crippen molar-refractivity contribution < 1.29 is 9.18 Å². The van der Waals surface area contributed by atoms with E-state index in [0.717, 1.165) is 16.9 Å². The van der Waals surface area contributed by atoms with Crippen LogP contribution in [0.15, 0.2) is 41.9 Å². The lowest BCUT2D eigenvalue weighted by molar-refractivity contribution is -0.118. The summed E-state index contributed by atoms with van der Waals surface area (Å²) in [5.74, 6) is -0.423. The van der Waals surface area contributed by atoms with Crippen LogP contribution in [0.5, 0.6) is 0 Å². The number of amides is 1. The van der Waals surface area contributed by atoms with E-state index < -0.39 is 0 Å². The van der Waals surface area contributed by atoms with Gasteiger partial charge in [0.25, 0.3) is 0 Å². The fourth-order valence-electron chi connectivity index (χ4n) is 2.34. The topological polar surface area (TPSA) is 66.9 Å².